The molecule has 0 atom stereocenters. The van der Waals surface area contributed by atoms with Crippen LogP contribution in [0.15, 0.2) is 24.2 Å². The molecule has 1 saturated heterocycles. The number of hydrogen-bond donors (Lipinski definition) is 4. The van der Waals surface area contributed by atoms with Crippen LogP contribution in [0.3, 0.4) is 0 Å². The second-order valence-electron chi connectivity index (χ2n) is 4.51. The molecule has 106 valence electrons. The van der Waals surface area contributed by atoms with Crippen molar-refractivity contribution in [3.05, 3.63) is 29.7 Å². The summed E-state index contributed by atoms with van der Waals surface area (Å²) in [7, 11) is 0. The number of hydrogen-bond acceptors (Lipinski definition) is 4. The summed E-state index contributed by atoms with van der Waals surface area (Å²) in [6.07, 6.45) is 4.97. The Morgan fingerprint density at radius 2 is 2.24 bits per heavy atom. The first-order valence-electron chi connectivity index (χ1n) is 6.11. The maximum absolute atomic E-state index is 11.6. The second-order valence-corrected chi connectivity index (χ2v) is 4.92. The maximum Gasteiger partial charge on any atom is 0.273 e. The molecule has 4 N–H and O–H groups in total. The number of pyridine rings is 1. The van der Waals surface area contributed by atoms with Gasteiger partial charge in [-0.25, -0.2) is 4.98 Å². The summed E-state index contributed by atoms with van der Waals surface area (Å²) >= 11 is 4.88. The monoisotopic (exact) mass is 301 g/mol. The Morgan fingerprint density at radius 3 is 2.90 bits per heavy atom. The van der Waals surface area contributed by atoms with Crippen molar-refractivity contribution in [2.45, 2.75) is 6.92 Å². The molecule has 0 aliphatic carbocycles. The van der Waals surface area contributed by atoms with Crippen LogP contribution < -0.4 is 16.0 Å². The quantitative estimate of drug-likeness (QED) is 0.487. The van der Waals surface area contributed by atoms with Gasteiger partial charge in [-0.3, -0.25) is 14.9 Å². The Balaban J connectivity index is 2.03. The summed E-state index contributed by atoms with van der Waals surface area (Å²) in [6.45, 7) is 1.43. The molecule has 3 rings (SSSR count). The molecule has 1 aliphatic rings. The van der Waals surface area contributed by atoms with Gasteiger partial charge < -0.3 is 15.6 Å². The normalized spacial score (nSPS) is 16.1. The van der Waals surface area contributed by atoms with Crippen molar-refractivity contribution >= 4 is 51.9 Å². The van der Waals surface area contributed by atoms with E-state index in [9.17, 15) is 9.59 Å². The van der Waals surface area contributed by atoms with Crippen molar-refractivity contribution in [1.82, 2.24) is 20.6 Å². The van der Waals surface area contributed by atoms with Gasteiger partial charge in [0, 0.05) is 24.1 Å². The third kappa shape index (κ3) is 2.61. The average Bonchev–Trinajstić information content (AvgIpc) is 2.93. The van der Waals surface area contributed by atoms with Crippen molar-refractivity contribution in [3.63, 3.8) is 0 Å². The van der Waals surface area contributed by atoms with E-state index in [1.165, 1.54) is 6.92 Å². The molecule has 2 aromatic rings. The van der Waals surface area contributed by atoms with E-state index in [1.807, 2.05) is 0 Å². The highest BCUT2D eigenvalue weighted by atomic mass is 32.1. The minimum absolute atomic E-state index is 0.172. The highest BCUT2D eigenvalue weighted by molar-refractivity contribution is 7.80. The number of carbonyl (C=O) groups is 2. The zero-order valence-corrected chi connectivity index (χ0v) is 11.8. The molecule has 1 aliphatic heterocycles. The molecule has 7 nitrogen and oxygen atoms in total. The summed E-state index contributed by atoms with van der Waals surface area (Å²) in [5.41, 5.74) is 2.39. The smallest absolute Gasteiger partial charge is 0.273 e. The van der Waals surface area contributed by atoms with Gasteiger partial charge >= 0.3 is 0 Å². The fourth-order valence-corrected chi connectivity index (χ4v) is 2.26. The number of aromatic amines is 1. The molecule has 0 saturated carbocycles. The van der Waals surface area contributed by atoms with E-state index in [1.54, 1.807) is 24.5 Å². The van der Waals surface area contributed by atoms with Gasteiger partial charge in [-0.05, 0) is 24.4 Å². The van der Waals surface area contributed by atoms with Gasteiger partial charge in [0.05, 0.1) is 11.9 Å². The lowest BCUT2D eigenvalue weighted by Gasteiger charge is -2.01. The first kappa shape index (κ1) is 13.3. The van der Waals surface area contributed by atoms with Crippen LogP contribution in [0.5, 0.6) is 0 Å². The number of anilines is 1. The van der Waals surface area contributed by atoms with Gasteiger partial charge in [0.1, 0.15) is 11.3 Å². The third-order valence-corrected chi connectivity index (χ3v) is 3.11. The largest absolute Gasteiger partial charge is 0.346 e. The lowest BCUT2D eigenvalue weighted by atomic mass is 10.2. The number of nitrogens with one attached hydrogen (secondary N) is 4. The van der Waals surface area contributed by atoms with E-state index >= 15 is 0 Å². The predicted molar refractivity (Wildman–Crippen MR) is 82.3 cm³/mol. The Bertz CT molecular complexity index is 808. The fraction of sp³-hybridized carbons (Fsp3) is 0.0769. The van der Waals surface area contributed by atoms with Gasteiger partial charge in [-0.15, -0.1) is 0 Å². The van der Waals surface area contributed by atoms with Crippen molar-refractivity contribution in [2.75, 3.05) is 5.32 Å². The standard InChI is InChI=1S/C13H11N5O2S/c1-6(19)16-8-3-9-7(4-14-11(9)15-5-8)2-10-12(20)18-13(21)17-10/h2-5H,1H3,(H,14,15)(H,16,19)(H2,17,18,20,21)/b10-2-. The highest BCUT2D eigenvalue weighted by Gasteiger charge is 2.20. The molecule has 0 aromatic carbocycles. The Labute approximate surface area is 124 Å². The molecule has 0 radical (unpaired) electrons. The van der Waals surface area contributed by atoms with Crippen molar-refractivity contribution in [3.8, 4) is 0 Å². The van der Waals surface area contributed by atoms with Crippen LogP contribution in [-0.2, 0) is 9.59 Å². The molecule has 8 heteroatoms. The van der Waals surface area contributed by atoms with Crippen LogP contribution in [0.2, 0.25) is 0 Å². The number of fused-ring (bicyclic) bond motifs is 1. The van der Waals surface area contributed by atoms with Gasteiger partial charge in [-0.1, -0.05) is 0 Å². The molecular weight excluding hydrogens is 290 g/mol. The minimum Gasteiger partial charge on any atom is -0.346 e. The molecular formula is C13H11N5O2S. The van der Waals surface area contributed by atoms with Crippen LogP contribution in [0.1, 0.15) is 12.5 Å². The molecule has 1 fully saturated rings. The Hall–Kier alpha value is -2.74. The number of amides is 2. The first-order valence-corrected chi connectivity index (χ1v) is 6.52. The zero-order valence-electron chi connectivity index (χ0n) is 11.0. The summed E-state index contributed by atoms with van der Waals surface area (Å²) in [5.74, 6) is -0.450. The molecule has 2 amide bonds. The van der Waals surface area contributed by atoms with Gasteiger partial charge in [-0.2, -0.15) is 0 Å². The first-order chi connectivity index (χ1) is 10.0. The highest BCUT2D eigenvalue weighted by Crippen LogP contribution is 2.22. The van der Waals surface area contributed by atoms with E-state index in [-0.39, 0.29) is 16.9 Å². The summed E-state index contributed by atoms with van der Waals surface area (Å²) in [5, 5.41) is 9.02. The predicted octanol–water partition coefficient (Wildman–Crippen LogP) is 0.866. The molecule has 21 heavy (non-hydrogen) atoms. The molecule has 0 unspecified atom stereocenters. The molecule has 0 bridgehead atoms. The van der Waals surface area contributed by atoms with E-state index in [2.05, 4.69) is 25.9 Å². The fourth-order valence-electron chi connectivity index (χ4n) is 2.05. The average molecular weight is 301 g/mol. The van der Waals surface area contributed by atoms with Crippen LogP contribution in [0, 0.1) is 0 Å². The van der Waals surface area contributed by atoms with Crippen LogP contribution in [0.25, 0.3) is 17.1 Å². The van der Waals surface area contributed by atoms with Crippen LogP contribution in [0.4, 0.5) is 5.69 Å². The number of carbonyl (C=O) groups excluding carboxylic acids is 2. The summed E-state index contributed by atoms with van der Waals surface area (Å²) in [4.78, 5) is 30.0. The zero-order chi connectivity index (χ0) is 15.0. The Kier molecular flexibility index (Phi) is 3.15. The van der Waals surface area contributed by atoms with Crippen molar-refractivity contribution in [2.24, 2.45) is 0 Å². The minimum atomic E-state index is -0.277. The van der Waals surface area contributed by atoms with Crippen molar-refractivity contribution in [1.29, 1.82) is 0 Å². The Morgan fingerprint density at radius 1 is 1.43 bits per heavy atom. The number of nitrogens with zero attached hydrogens (tertiary/aromatic N) is 1. The van der Waals surface area contributed by atoms with E-state index < -0.39 is 0 Å². The number of aromatic nitrogens is 2. The molecule has 2 aromatic heterocycles. The van der Waals surface area contributed by atoms with Gasteiger partial charge in [0.25, 0.3) is 5.91 Å². The lowest BCUT2D eigenvalue weighted by molar-refractivity contribution is -0.115. The van der Waals surface area contributed by atoms with E-state index in [0.29, 0.717) is 17.0 Å². The lowest BCUT2D eigenvalue weighted by Crippen LogP contribution is -2.21. The number of rotatable bonds is 2. The summed E-state index contributed by atoms with van der Waals surface area (Å²) < 4.78 is 0. The van der Waals surface area contributed by atoms with Gasteiger partial charge in [0.2, 0.25) is 5.91 Å². The molecule has 3 heterocycles. The van der Waals surface area contributed by atoms with E-state index in [0.717, 1.165) is 10.9 Å². The number of thiocarbonyl (C=S) groups is 1. The molecule has 0 spiro atoms. The van der Waals surface area contributed by atoms with Crippen molar-refractivity contribution < 1.29 is 9.59 Å². The second kappa shape index (κ2) is 4.98. The number of H-pyrrole nitrogens is 1. The maximum atomic E-state index is 11.6. The van der Waals surface area contributed by atoms with Crippen LogP contribution in [-0.4, -0.2) is 26.9 Å². The third-order valence-electron chi connectivity index (χ3n) is 2.90. The van der Waals surface area contributed by atoms with E-state index in [4.69, 9.17) is 12.2 Å². The SMILES string of the molecule is CC(=O)Nc1cnc2[nH]cc(/C=C3\NC(=S)NC3=O)c2c1. The van der Waals surface area contributed by atoms with Gasteiger partial charge in [0.15, 0.2) is 5.11 Å². The topological polar surface area (TPSA) is 98.9 Å². The summed E-state index contributed by atoms with van der Waals surface area (Å²) in [6, 6.07) is 1.79. The van der Waals surface area contributed by atoms with Crippen LogP contribution >= 0.6 is 12.2 Å².